The summed E-state index contributed by atoms with van der Waals surface area (Å²) in [6, 6.07) is -0.248. The van der Waals surface area contributed by atoms with Crippen LogP contribution in [-0.2, 0) is 0 Å². The van der Waals surface area contributed by atoms with E-state index in [0.29, 0.717) is 6.42 Å². The Hall–Kier alpha value is -1.66. The minimum atomic E-state index is -0.658. The van der Waals surface area contributed by atoms with Crippen LogP contribution in [0.5, 0.6) is 0 Å². The summed E-state index contributed by atoms with van der Waals surface area (Å²) in [6.45, 7) is 1.68. The summed E-state index contributed by atoms with van der Waals surface area (Å²) in [4.78, 5) is 15.5. The molecule has 0 bridgehead atoms. The average molecular weight is 251 g/mol. The summed E-state index contributed by atoms with van der Waals surface area (Å²) in [5.41, 5.74) is 5.86. The van der Waals surface area contributed by atoms with Crippen molar-refractivity contribution < 1.29 is 10.2 Å². The highest BCUT2D eigenvalue weighted by Crippen LogP contribution is 2.25. The molecule has 0 saturated carbocycles. The maximum atomic E-state index is 11.8. The number of aryl methyl sites for hydroxylation is 1. The number of hydrogen-bond acceptors (Lipinski definition) is 5. The van der Waals surface area contributed by atoms with Crippen molar-refractivity contribution in [1.29, 1.82) is 0 Å². The molecule has 0 amide bonds. The minimum absolute atomic E-state index is 0.0989. The van der Waals surface area contributed by atoms with Gasteiger partial charge >= 0.3 is 5.69 Å². The van der Waals surface area contributed by atoms with Gasteiger partial charge in [-0.3, -0.25) is 4.57 Å². The monoisotopic (exact) mass is 251 g/mol. The SMILES string of the molecule is Cc1cn([C@@H]2C=C[C@H](CO)[C@@H](O)C2)c(=O)nc1N. The molecule has 1 aromatic heterocycles. The molecule has 2 rings (SSSR count). The number of allylic oxidation sites excluding steroid dienone is 1. The lowest BCUT2D eigenvalue weighted by atomic mass is 9.90. The normalized spacial score (nSPS) is 27.4. The first-order valence-corrected chi connectivity index (χ1v) is 5.85. The summed E-state index contributed by atoms with van der Waals surface area (Å²) < 4.78 is 1.46. The van der Waals surface area contributed by atoms with Crippen molar-refractivity contribution in [3.8, 4) is 0 Å². The number of nitrogens with two attached hydrogens (primary N) is 1. The van der Waals surface area contributed by atoms with Gasteiger partial charge in [0.25, 0.3) is 0 Å². The van der Waals surface area contributed by atoms with Crippen molar-refractivity contribution in [2.24, 2.45) is 5.92 Å². The van der Waals surface area contributed by atoms with Crippen LogP contribution in [0.3, 0.4) is 0 Å². The van der Waals surface area contributed by atoms with Crippen LogP contribution in [0.25, 0.3) is 0 Å². The maximum Gasteiger partial charge on any atom is 0.350 e. The fourth-order valence-corrected chi connectivity index (χ4v) is 2.11. The third kappa shape index (κ3) is 2.30. The Kier molecular flexibility index (Phi) is 3.49. The van der Waals surface area contributed by atoms with Crippen molar-refractivity contribution in [2.45, 2.75) is 25.5 Å². The molecule has 0 aliphatic heterocycles. The van der Waals surface area contributed by atoms with E-state index >= 15 is 0 Å². The molecule has 6 heteroatoms. The Morgan fingerprint density at radius 2 is 2.28 bits per heavy atom. The van der Waals surface area contributed by atoms with Gasteiger partial charge in [0.1, 0.15) is 5.82 Å². The molecule has 1 aromatic rings. The molecule has 1 heterocycles. The number of hydrogen-bond donors (Lipinski definition) is 3. The summed E-state index contributed by atoms with van der Waals surface area (Å²) in [6.07, 6.45) is 4.91. The van der Waals surface area contributed by atoms with E-state index < -0.39 is 11.8 Å². The summed E-state index contributed by atoms with van der Waals surface area (Å²) >= 11 is 0. The third-order valence-electron chi connectivity index (χ3n) is 3.30. The fraction of sp³-hybridized carbons (Fsp3) is 0.500. The van der Waals surface area contributed by atoms with E-state index in [2.05, 4.69) is 4.98 Å². The first-order valence-electron chi connectivity index (χ1n) is 5.85. The van der Waals surface area contributed by atoms with E-state index in [1.807, 2.05) is 6.08 Å². The number of aliphatic hydroxyl groups is 2. The number of aliphatic hydroxyl groups excluding tert-OH is 2. The van der Waals surface area contributed by atoms with Crippen molar-refractivity contribution in [2.75, 3.05) is 12.3 Å². The number of anilines is 1. The largest absolute Gasteiger partial charge is 0.396 e. The van der Waals surface area contributed by atoms with Crippen molar-refractivity contribution >= 4 is 5.82 Å². The zero-order chi connectivity index (χ0) is 13.3. The highest BCUT2D eigenvalue weighted by molar-refractivity contribution is 5.35. The van der Waals surface area contributed by atoms with Gasteiger partial charge in [0.15, 0.2) is 0 Å². The van der Waals surface area contributed by atoms with E-state index in [0.717, 1.165) is 5.56 Å². The maximum absolute atomic E-state index is 11.8. The van der Waals surface area contributed by atoms with Crippen LogP contribution in [0.1, 0.15) is 18.0 Å². The number of aromatic nitrogens is 2. The van der Waals surface area contributed by atoms with Crippen LogP contribution in [0.15, 0.2) is 23.1 Å². The van der Waals surface area contributed by atoms with Crippen molar-refractivity contribution in [3.05, 3.63) is 34.4 Å². The molecule has 0 fully saturated rings. The summed E-state index contributed by atoms with van der Waals surface area (Å²) in [5, 5.41) is 18.9. The van der Waals surface area contributed by atoms with Gasteiger partial charge in [0.05, 0.1) is 18.8 Å². The summed E-state index contributed by atoms with van der Waals surface area (Å²) in [5.74, 6) is -0.0374. The van der Waals surface area contributed by atoms with E-state index in [-0.39, 0.29) is 24.4 Å². The van der Waals surface area contributed by atoms with Crippen LogP contribution >= 0.6 is 0 Å². The number of nitrogen functional groups attached to an aromatic ring is 1. The summed E-state index contributed by atoms with van der Waals surface area (Å²) in [7, 11) is 0. The van der Waals surface area contributed by atoms with Crippen LogP contribution in [0.4, 0.5) is 5.82 Å². The second-order valence-electron chi connectivity index (χ2n) is 4.60. The Bertz CT molecular complexity index is 524. The first kappa shape index (κ1) is 12.8. The van der Waals surface area contributed by atoms with E-state index in [1.165, 1.54) is 4.57 Å². The Morgan fingerprint density at radius 3 is 2.89 bits per heavy atom. The quantitative estimate of drug-likeness (QED) is 0.621. The molecule has 0 saturated heterocycles. The molecule has 6 nitrogen and oxygen atoms in total. The highest BCUT2D eigenvalue weighted by Gasteiger charge is 2.25. The average Bonchev–Trinajstić information content (AvgIpc) is 2.33. The molecule has 98 valence electrons. The second kappa shape index (κ2) is 4.91. The van der Waals surface area contributed by atoms with Gasteiger partial charge < -0.3 is 15.9 Å². The van der Waals surface area contributed by atoms with Gasteiger partial charge in [0, 0.05) is 17.7 Å². The molecule has 0 radical (unpaired) electrons. The molecule has 18 heavy (non-hydrogen) atoms. The lowest BCUT2D eigenvalue weighted by Gasteiger charge is -2.28. The first-order chi connectivity index (χ1) is 8.52. The van der Waals surface area contributed by atoms with Gasteiger partial charge in [-0.25, -0.2) is 4.79 Å². The molecule has 0 unspecified atom stereocenters. The molecule has 0 spiro atoms. The molecule has 1 aliphatic rings. The molecule has 4 N–H and O–H groups in total. The van der Waals surface area contributed by atoms with E-state index in [4.69, 9.17) is 10.8 Å². The lowest BCUT2D eigenvalue weighted by molar-refractivity contribution is 0.0693. The minimum Gasteiger partial charge on any atom is -0.396 e. The lowest BCUT2D eigenvalue weighted by Crippen LogP contribution is -2.34. The molecule has 1 aliphatic carbocycles. The van der Waals surface area contributed by atoms with Gasteiger partial charge in [-0.15, -0.1) is 0 Å². The highest BCUT2D eigenvalue weighted by atomic mass is 16.3. The zero-order valence-corrected chi connectivity index (χ0v) is 10.2. The van der Waals surface area contributed by atoms with Gasteiger partial charge in [-0.1, -0.05) is 12.2 Å². The second-order valence-corrected chi connectivity index (χ2v) is 4.60. The zero-order valence-electron chi connectivity index (χ0n) is 10.2. The van der Waals surface area contributed by atoms with Crippen molar-refractivity contribution in [1.82, 2.24) is 9.55 Å². The van der Waals surface area contributed by atoms with Crippen molar-refractivity contribution in [3.63, 3.8) is 0 Å². The van der Waals surface area contributed by atoms with E-state index in [9.17, 15) is 9.90 Å². The fourth-order valence-electron chi connectivity index (χ4n) is 2.11. The Morgan fingerprint density at radius 1 is 1.56 bits per heavy atom. The predicted octanol–water partition coefficient (Wildman–Crippen LogP) is -0.396. The molecular weight excluding hydrogens is 234 g/mol. The smallest absolute Gasteiger partial charge is 0.350 e. The van der Waals surface area contributed by atoms with Gasteiger partial charge in [-0.05, 0) is 13.3 Å². The molecular formula is C12H17N3O3. The van der Waals surface area contributed by atoms with Crippen LogP contribution in [-0.4, -0.2) is 32.5 Å². The Balaban J connectivity index is 2.34. The molecule has 3 atom stereocenters. The number of nitrogens with zero attached hydrogens (tertiary/aromatic N) is 2. The van der Waals surface area contributed by atoms with Crippen LogP contribution < -0.4 is 11.4 Å². The standard InChI is InChI=1S/C12H17N3O3/c1-7-5-15(12(18)14-11(7)13)9-3-2-8(6-16)10(17)4-9/h2-3,5,8-10,16-17H,4,6H2,1H3,(H2,13,14,18)/t8-,9-,10+/m1/s1. The molecule has 0 aromatic carbocycles. The third-order valence-corrected chi connectivity index (χ3v) is 3.30. The van der Waals surface area contributed by atoms with E-state index in [1.54, 1.807) is 19.2 Å². The predicted molar refractivity (Wildman–Crippen MR) is 67.0 cm³/mol. The van der Waals surface area contributed by atoms with Crippen LogP contribution in [0.2, 0.25) is 0 Å². The van der Waals surface area contributed by atoms with Gasteiger partial charge in [0.2, 0.25) is 0 Å². The van der Waals surface area contributed by atoms with Gasteiger partial charge in [-0.2, -0.15) is 4.98 Å². The Labute approximate surface area is 104 Å². The van der Waals surface area contributed by atoms with Crippen LogP contribution in [0, 0.1) is 12.8 Å². The number of rotatable bonds is 2. The topological polar surface area (TPSA) is 101 Å².